The molecule has 0 bridgehead atoms. The number of rotatable bonds is 6. The van der Waals surface area contributed by atoms with Crippen LogP contribution in [0.5, 0.6) is 5.75 Å². The predicted octanol–water partition coefficient (Wildman–Crippen LogP) is 3.08. The summed E-state index contributed by atoms with van der Waals surface area (Å²) in [7, 11) is 0. The van der Waals surface area contributed by atoms with Gasteiger partial charge in [-0.25, -0.2) is 14.0 Å². The highest BCUT2D eigenvalue weighted by molar-refractivity contribution is 5.76. The molecule has 3 rings (SSSR count). The van der Waals surface area contributed by atoms with Crippen molar-refractivity contribution >= 4 is 12.1 Å². The van der Waals surface area contributed by atoms with E-state index >= 15 is 0 Å². The maximum absolute atomic E-state index is 14.2. The Bertz CT molecular complexity index is 900. The zero-order valence-electron chi connectivity index (χ0n) is 17.1. The molecular weight excluding hydrogens is 434 g/mol. The van der Waals surface area contributed by atoms with Crippen LogP contribution in [0.2, 0.25) is 0 Å². The van der Waals surface area contributed by atoms with Crippen LogP contribution in [-0.4, -0.2) is 53.4 Å². The van der Waals surface area contributed by atoms with Crippen molar-refractivity contribution in [3.05, 3.63) is 29.6 Å². The summed E-state index contributed by atoms with van der Waals surface area (Å²) in [4.78, 5) is 27.7. The van der Waals surface area contributed by atoms with Gasteiger partial charge in [0.15, 0.2) is 0 Å². The first-order chi connectivity index (χ1) is 15.1. The maximum atomic E-state index is 14.2. The van der Waals surface area contributed by atoms with E-state index in [4.69, 9.17) is 11.0 Å². The first-order valence-electron chi connectivity index (χ1n) is 10.1. The van der Waals surface area contributed by atoms with Gasteiger partial charge in [0.05, 0.1) is 12.1 Å². The van der Waals surface area contributed by atoms with Crippen LogP contribution in [0.15, 0.2) is 18.2 Å². The number of carbonyl (C=O) groups is 2. The molecule has 1 saturated carbocycles. The van der Waals surface area contributed by atoms with E-state index in [1.165, 1.54) is 4.90 Å². The molecule has 1 aliphatic heterocycles. The second-order valence-electron chi connectivity index (χ2n) is 7.96. The quantitative estimate of drug-likeness (QED) is 0.640. The lowest BCUT2D eigenvalue weighted by Crippen LogP contribution is -2.57. The highest BCUT2D eigenvalue weighted by Gasteiger charge is 2.41. The minimum atomic E-state index is -4.94. The Balaban J connectivity index is 1.67. The fraction of sp³-hybridized carbons (Fsp3) is 0.550. The number of likely N-dealkylation sites (tertiary alicyclic amines) is 1. The van der Waals surface area contributed by atoms with Crippen LogP contribution < -0.4 is 15.8 Å². The Morgan fingerprint density at radius 2 is 2.00 bits per heavy atom. The molecule has 3 N–H and O–H groups in total. The number of nitriles is 1. The molecule has 0 aromatic heterocycles. The van der Waals surface area contributed by atoms with Gasteiger partial charge in [-0.1, -0.05) is 6.07 Å². The summed E-state index contributed by atoms with van der Waals surface area (Å²) in [6.45, 7) is 0.337. The van der Waals surface area contributed by atoms with Crippen molar-refractivity contribution in [1.29, 1.82) is 5.26 Å². The van der Waals surface area contributed by atoms with Gasteiger partial charge in [0.2, 0.25) is 0 Å². The summed E-state index contributed by atoms with van der Waals surface area (Å²) < 4.78 is 54.7. The second kappa shape index (κ2) is 9.50. The average molecular weight is 457 g/mol. The van der Waals surface area contributed by atoms with E-state index in [-0.39, 0.29) is 43.1 Å². The molecule has 174 valence electrons. The minimum absolute atomic E-state index is 0.00612. The number of nitrogens with two attached hydrogens (primary N) is 1. The number of primary amides is 1. The van der Waals surface area contributed by atoms with Crippen molar-refractivity contribution in [2.75, 3.05) is 13.1 Å². The summed E-state index contributed by atoms with van der Waals surface area (Å²) in [5.41, 5.74) is 5.41. The van der Waals surface area contributed by atoms with Gasteiger partial charge in [-0.05, 0) is 31.2 Å². The molecule has 2 atom stereocenters. The van der Waals surface area contributed by atoms with Crippen molar-refractivity contribution in [2.45, 2.75) is 50.7 Å². The summed E-state index contributed by atoms with van der Waals surface area (Å²) >= 11 is 0. The largest absolute Gasteiger partial charge is 0.573 e. The standard InChI is InChI=1S/C20H23F4N5O3/c21-17-8-16(32-20(22,23)24)4-1-13(17)9-27-19(31)29(14-2-3-14)15-7-12(5-6-25)10-28(11-15)18(26)30/h1,4,8,12,14-15H,2-3,5,7,9-11H2,(H2,26,30)(H,27,31)/t12-,15+/m0/s1. The first-order valence-corrected chi connectivity index (χ1v) is 10.1. The highest BCUT2D eigenvalue weighted by atomic mass is 19.4. The fourth-order valence-electron chi connectivity index (χ4n) is 3.95. The van der Waals surface area contributed by atoms with Gasteiger partial charge in [0.1, 0.15) is 11.6 Å². The molecule has 12 heteroatoms. The van der Waals surface area contributed by atoms with Gasteiger partial charge >= 0.3 is 18.4 Å². The molecular formula is C20H23F4N5O3. The lowest BCUT2D eigenvalue weighted by molar-refractivity contribution is -0.274. The Labute approximate surface area is 181 Å². The van der Waals surface area contributed by atoms with E-state index in [2.05, 4.69) is 16.1 Å². The van der Waals surface area contributed by atoms with E-state index in [1.54, 1.807) is 4.90 Å². The lowest BCUT2D eigenvalue weighted by atomic mass is 9.91. The lowest BCUT2D eigenvalue weighted by Gasteiger charge is -2.42. The van der Waals surface area contributed by atoms with Crippen LogP contribution in [-0.2, 0) is 6.54 Å². The smallest absolute Gasteiger partial charge is 0.406 e. The van der Waals surface area contributed by atoms with E-state index in [0.717, 1.165) is 25.0 Å². The van der Waals surface area contributed by atoms with Crippen LogP contribution in [0.25, 0.3) is 0 Å². The number of nitrogens with zero attached hydrogens (tertiary/aromatic N) is 3. The molecule has 8 nitrogen and oxygen atoms in total. The third kappa shape index (κ3) is 6.15. The van der Waals surface area contributed by atoms with E-state index in [9.17, 15) is 27.2 Å². The van der Waals surface area contributed by atoms with E-state index < -0.39 is 30.0 Å². The summed E-state index contributed by atoms with van der Waals surface area (Å²) in [6.07, 6.45) is -2.63. The number of halogens is 4. The van der Waals surface area contributed by atoms with Gasteiger partial charge in [0, 0.05) is 43.7 Å². The number of carbonyl (C=O) groups excluding carboxylic acids is 2. The van der Waals surface area contributed by atoms with Crippen LogP contribution in [0, 0.1) is 23.1 Å². The molecule has 0 radical (unpaired) electrons. The number of amides is 4. The Kier molecular flexibility index (Phi) is 6.96. The Morgan fingerprint density at radius 3 is 2.56 bits per heavy atom. The third-order valence-corrected chi connectivity index (χ3v) is 5.46. The second-order valence-corrected chi connectivity index (χ2v) is 7.96. The van der Waals surface area contributed by atoms with Crippen molar-refractivity contribution in [2.24, 2.45) is 11.7 Å². The van der Waals surface area contributed by atoms with E-state index in [1.807, 2.05) is 0 Å². The summed E-state index contributed by atoms with van der Waals surface area (Å²) in [6, 6.07) is 3.26. The fourth-order valence-corrected chi connectivity index (χ4v) is 3.95. The number of hydrogen-bond donors (Lipinski definition) is 2. The molecule has 1 aromatic carbocycles. The van der Waals surface area contributed by atoms with Gasteiger partial charge in [-0.2, -0.15) is 5.26 Å². The molecule has 2 aliphatic rings. The number of hydrogen-bond acceptors (Lipinski definition) is 4. The number of benzene rings is 1. The molecule has 1 heterocycles. The van der Waals surface area contributed by atoms with E-state index in [0.29, 0.717) is 19.0 Å². The molecule has 0 unspecified atom stereocenters. The first kappa shape index (κ1) is 23.4. The zero-order valence-corrected chi connectivity index (χ0v) is 17.1. The van der Waals surface area contributed by atoms with Crippen LogP contribution in [0.1, 0.15) is 31.2 Å². The minimum Gasteiger partial charge on any atom is -0.406 e. The van der Waals surface area contributed by atoms with Crippen molar-refractivity contribution in [3.63, 3.8) is 0 Å². The molecule has 2 fully saturated rings. The van der Waals surface area contributed by atoms with Gasteiger partial charge < -0.3 is 25.6 Å². The van der Waals surface area contributed by atoms with Crippen LogP contribution in [0.3, 0.4) is 0 Å². The molecule has 1 aliphatic carbocycles. The zero-order chi connectivity index (χ0) is 23.5. The normalized spacial score (nSPS) is 20.9. The molecule has 1 saturated heterocycles. The number of ether oxygens (including phenoxy) is 1. The van der Waals surface area contributed by atoms with Gasteiger partial charge in [0.25, 0.3) is 0 Å². The molecule has 0 spiro atoms. The van der Waals surface area contributed by atoms with Crippen molar-refractivity contribution in [1.82, 2.24) is 15.1 Å². The molecule has 1 aromatic rings. The maximum Gasteiger partial charge on any atom is 0.573 e. The van der Waals surface area contributed by atoms with Crippen molar-refractivity contribution in [3.8, 4) is 11.8 Å². The number of alkyl halides is 3. The van der Waals surface area contributed by atoms with Crippen molar-refractivity contribution < 1.29 is 31.9 Å². The summed E-state index contributed by atoms with van der Waals surface area (Å²) in [5, 5.41) is 11.6. The Morgan fingerprint density at radius 1 is 1.28 bits per heavy atom. The average Bonchev–Trinajstić information content (AvgIpc) is 3.51. The van der Waals surface area contributed by atoms with Crippen LogP contribution in [0.4, 0.5) is 27.2 Å². The van der Waals surface area contributed by atoms with Gasteiger partial charge in [-0.15, -0.1) is 13.2 Å². The third-order valence-electron chi connectivity index (χ3n) is 5.46. The number of urea groups is 2. The number of piperidine rings is 1. The monoisotopic (exact) mass is 457 g/mol. The summed E-state index contributed by atoms with van der Waals surface area (Å²) in [5.74, 6) is -1.77. The molecule has 32 heavy (non-hydrogen) atoms. The van der Waals surface area contributed by atoms with Crippen LogP contribution >= 0.6 is 0 Å². The predicted molar refractivity (Wildman–Crippen MR) is 103 cm³/mol. The molecule has 4 amide bonds. The highest BCUT2D eigenvalue weighted by Crippen LogP contribution is 2.33. The number of nitrogens with one attached hydrogen (secondary N) is 1. The Hall–Kier alpha value is -3.23. The topological polar surface area (TPSA) is 112 Å². The SMILES string of the molecule is N#CC[C@H]1C[C@@H](N(C(=O)NCc2ccc(OC(F)(F)F)cc2F)C2CC2)CN(C(N)=O)C1. The van der Waals surface area contributed by atoms with Gasteiger partial charge in [-0.3, -0.25) is 0 Å².